The first kappa shape index (κ1) is 18.4. The van der Waals surface area contributed by atoms with Crippen LogP contribution in [0.3, 0.4) is 0 Å². The summed E-state index contributed by atoms with van der Waals surface area (Å²) in [5, 5.41) is 12.7. The molecule has 8 heteroatoms. The Morgan fingerprint density at radius 1 is 1.24 bits per heavy atom. The van der Waals surface area contributed by atoms with Gasteiger partial charge in [-0.2, -0.15) is 10.2 Å². The summed E-state index contributed by atoms with van der Waals surface area (Å²) in [5.74, 6) is 1.21. The minimum Gasteiger partial charge on any atom is -1.00 e. The van der Waals surface area contributed by atoms with Crippen molar-refractivity contribution in [2.24, 2.45) is 17.3 Å². The van der Waals surface area contributed by atoms with Crippen LogP contribution < -0.4 is 27.4 Å². The Kier molecular flexibility index (Phi) is 6.08. The van der Waals surface area contributed by atoms with Crippen LogP contribution in [0.15, 0.2) is 65.2 Å². The molecule has 0 aliphatic carbocycles. The summed E-state index contributed by atoms with van der Waals surface area (Å²) >= 11 is 0. The molecule has 0 saturated heterocycles. The molecule has 7 nitrogen and oxygen atoms in total. The third kappa shape index (κ3) is 4.54. The van der Waals surface area contributed by atoms with Gasteiger partial charge in [0.2, 0.25) is 0 Å². The molecule has 0 aliphatic heterocycles. The summed E-state index contributed by atoms with van der Waals surface area (Å²) in [5.41, 5.74) is 8.46. The summed E-state index contributed by atoms with van der Waals surface area (Å²) in [6.07, 6.45) is 5.62. The van der Waals surface area contributed by atoms with Crippen molar-refractivity contribution in [3.05, 3.63) is 60.6 Å². The maximum Gasteiger partial charge on any atom is 0.173 e. The van der Waals surface area contributed by atoms with Crippen LogP contribution in [0.1, 0.15) is 5.56 Å². The molecule has 25 heavy (non-hydrogen) atoms. The Hall–Kier alpha value is -2.93. The van der Waals surface area contributed by atoms with Crippen molar-refractivity contribution in [3.8, 4) is 5.75 Å². The highest BCUT2D eigenvalue weighted by molar-refractivity contribution is 5.56. The van der Waals surface area contributed by atoms with Crippen molar-refractivity contribution in [2.45, 2.75) is 6.54 Å². The van der Waals surface area contributed by atoms with Crippen LogP contribution in [-0.4, -0.2) is 16.9 Å². The number of ether oxygens (including phenoxy) is 1. The summed E-state index contributed by atoms with van der Waals surface area (Å²) in [4.78, 5) is 0. The van der Waals surface area contributed by atoms with Crippen molar-refractivity contribution < 1.29 is 21.7 Å². The first-order chi connectivity index (χ1) is 11.7. The van der Waals surface area contributed by atoms with Crippen LogP contribution in [0.25, 0.3) is 0 Å². The number of hydrogen-bond donors (Lipinski definition) is 1. The van der Waals surface area contributed by atoms with E-state index in [9.17, 15) is 0 Å². The van der Waals surface area contributed by atoms with E-state index in [2.05, 4.69) is 15.3 Å². The third-order valence-electron chi connectivity index (χ3n) is 3.52. The number of nitrogen functional groups attached to an aromatic ring is 1. The van der Waals surface area contributed by atoms with E-state index in [1.165, 1.54) is 0 Å². The summed E-state index contributed by atoms with van der Waals surface area (Å²) in [6, 6.07) is 11.4. The number of nitrogens with zero attached hydrogens (tertiary/aromatic N) is 5. The van der Waals surface area contributed by atoms with Crippen LogP contribution in [0, 0.1) is 0 Å². The van der Waals surface area contributed by atoms with E-state index in [1.54, 1.807) is 24.1 Å². The molecular weight excluding hydrogens is 340 g/mol. The SMILES string of the molecule is COc1cccc(N=Nc2cnn(Cc3ccc[n+](C)c3)c2N)c1.[Cl-]. The van der Waals surface area contributed by atoms with Crippen molar-refractivity contribution >= 4 is 17.2 Å². The lowest BCUT2D eigenvalue weighted by Crippen LogP contribution is -3.00. The highest BCUT2D eigenvalue weighted by Gasteiger charge is 2.09. The van der Waals surface area contributed by atoms with Crippen LogP contribution in [0.5, 0.6) is 5.75 Å². The van der Waals surface area contributed by atoms with Crippen molar-refractivity contribution in [2.75, 3.05) is 12.8 Å². The maximum absolute atomic E-state index is 6.12. The molecule has 3 rings (SSSR count). The van der Waals surface area contributed by atoms with Gasteiger partial charge in [-0.1, -0.05) is 6.07 Å². The molecule has 0 unspecified atom stereocenters. The van der Waals surface area contributed by atoms with E-state index in [1.807, 2.05) is 54.3 Å². The summed E-state index contributed by atoms with van der Waals surface area (Å²) in [6.45, 7) is 0.579. The molecule has 2 aromatic heterocycles. The van der Waals surface area contributed by atoms with Gasteiger partial charge in [0.05, 0.1) is 25.5 Å². The van der Waals surface area contributed by atoms with Crippen LogP contribution >= 0.6 is 0 Å². The number of hydrogen-bond acceptors (Lipinski definition) is 5. The number of azo groups is 1. The number of aromatic nitrogens is 3. The fraction of sp³-hybridized carbons (Fsp3) is 0.176. The van der Waals surface area contributed by atoms with Crippen LogP contribution in [0.2, 0.25) is 0 Å². The van der Waals surface area contributed by atoms with Crippen LogP contribution in [0.4, 0.5) is 17.2 Å². The lowest BCUT2D eigenvalue weighted by Gasteiger charge is -2.03. The zero-order chi connectivity index (χ0) is 16.9. The number of halogens is 1. The normalized spacial score (nSPS) is 10.6. The third-order valence-corrected chi connectivity index (χ3v) is 3.52. The average Bonchev–Trinajstić information content (AvgIpc) is 2.93. The molecule has 0 aliphatic rings. The Labute approximate surface area is 152 Å². The maximum atomic E-state index is 6.12. The predicted octanol–water partition coefficient (Wildman–Crippen LogP) is -0.234. The molecular formula is C17H19ClN6O. The number of nitrogens with two attached hydrogens (primary N) is 1. The van der Waals surface area contributed by atoms with Gasteiger partial charge >= 0.3 is 0 Å². The lowest BCUT2D eigenvalue weighted by atomic mass is 10.3. The van der Waals surface area contributed by atoms with Crippen LogP contribution in [-0.2, 0) is 13.6 Å². The quantitative estimate of drug-likeness (QED) is 0.505. The van der Waals surface area contributed by atoms with Gasteiger partial charge < -0.3 is 22.9 Å². The highest BCUT2D eigenvalue weighted by atomic mass is 35.5. The number of rotatable bonds is 5. The zero-order valence-corrected chi connectivity index (χ0v) is 14.8. The molecule has 0 amide bonds. The molecule has 1 aromatic carbocycles. The van der Waals surface area contributed by atoms with E-state index in [-0.39, 0.29) is 12.4 Å². The lowest BCUT2D eigenvalue weighted by molar-refractivity contribution is -0.671. The van der Waals surface area contributed by atoms with Gasteiger partial charge in [0.25, 0.3) is 0 Å². The fourth-order valence-corrected chi connectivity index (χ4v) is 2.29. The average molecular weight is 359 g/mol. The molecule has 2 N–H and O–H groups in total. The minimum atomic E-state index is 0. The molecule has 3 aromatic rings. The number of pyridine rings is 1. The van der Waals surface area contributed by atoms with E-state index >= 15 is 0 Å². The Balaban J connectivity index is 0.00000225. The van der Waals surface area contributed by atoms with Crippen molar-refractivity contribution in [1.82, 2.24) is 9.78 Å². The molecule has 130 valence electrons. The summed E-state index contributed by atoms with van der Waals surface area (Å²) < 4.78 is 8.85. The molecule has 2 heterocycles. The molecule has 0 radical (unpaired) electrons. The predicted molar refractivity (Wildman–Crippen MR) is 90.5 cm³/mol. The fourth-order valence-electron chi connectivity index (χ4n) is 2.29. The molecule has 0 fully saturated rings. The van der Waals surface area contributed by atoms with Crippen molar-refractivity contribution in [3.63, 3.8) is 0 Å². The Morgan fingerprint density at radius 2 is 2.08 bits per heavy atom. The van der Waals surface area contributed by atoms with Crippen molar-refractivity contribution in [1.29, 1.82) is 0 Å². The number of anilines is 1. The second kappa shape index (κ2) is 8.25. The number of methoxy groups -OCH3 is 1. The summed E-state index contributed by atoms with van der Waals surface area (Å²) in [7, 11) is 3.59. The smallest absolute Gasteiger partial charge is 0.173 e. The minimum absolute atomic E-state index is 0. The van der Waals surface area contributed by atoms with E-state index in [4.69, 9.17) is 10.5 Å². The highest BCUT2D eigenvalue weighted by Crippen LogP contribution is 2.26. The van der Waals surface area contributed by atoms with Gasteiger partial charge in [0.15, 0.2) is 12.4 Å². The second-order valence-corrected chi connectivity index (χ2v) is 5.35. The van der Waals surface area contributed by atoms with Gasteiger partial charge in [-0.3, -0.25) is 0 Å². The van der Waals surface area contributed by atoms with Gasteiger partial charge in [-0.15, -0.1) is 5.11 Å². The number of benzene rings is 1. The van der Waals surface area contributed by atoms with Gasteiger partial charge in [-0.25, -0.2) is 9.25 Å². The molecule has 0 spiro atoms. The zero-order valence-electron chi connectivity index (χ0n) is 14.0. The molecule has 0 saturated carbocycles. The van der Waals surface area contributed by atoms with E-state index in [0.29, 0.717) is 23.7 Å². The second-order valence-electron chi connectivity index (χ2n) is 5.35. The molecule has 0 bridgehead atoms. The Bertz CT molecular complexity index is 877. The van der Waals surface area contributed by atoms with E-state index in [0.717, 1.165) is 11.3 Å². The topological polar surface area (TPSA) is 81.7 Å². The van der Waals surface area contributed by atoms with Gasteiger partial charge in [0.1, 0.15) is 24.3 Å². The molecule has 0 atom stereocenters. The first-order valence-electron chi connectivity index (χ1n) is 7.47. The standard InChI is InChI=1S/C17H19N6O.ClH/c1-22-8-4-5-13(11-22)12-23-17(18)16(10-19-23)21-20-14-6-3-7-15(9-14)24-2;/h3-11H,12,18H2,1-2H3;1H/q+1;/p-1. The monoisotopic (exact) mass is 358 g/mol. The van der Waals surface area contributed by atoms with E-state index < -0.39 is 0 Å². The largest absolute Gasteiger partial charge is 1.00 e. The number of aryl methyl sites for hydroxylation is 1. The van der Waals surface area contributed by atoms with Gasteiger partial charge in [0, 0.05) is 17.7 Å². The Morgan fingerprint density at radius 3 is 2.84 bits per heavy atom. The van der Waals surface area contributed by atoms with Gasteiger partial charge in [-0.05, 0) is 18.2 Å². The first-order valence-corrected chi connectivity index (χ1v) is 7.47.